The smallest absolute Gasteiger partial charge is 0.0937 e. The van der Waals surface area contributed by atoms with Crippen molar-refractivity contribution in [2.24, 2.45) is 5.41 Å². The number of thiazole rings is 1. The van der Waals surface area contributed by atoms with Crippen LogP contribution in [0.5, 0.6) is 0 Å². The number of aromatic nitrogens is 1. The van der Waals surface area contributed by atoms with E-state index in [-0.39, 0.29) is 5.41 Å². The highest BCUT2D eigenvalue weighted by Gasteiger charge is 2.30. The maximum absolute atomic E-state index is 4.71. The first kappa shape index (κ1) is 16.2. The van der Waals surface area contributed by atoms with Crippen molar-refractivity contribution in [1.82, 2.24) is 4.98 Å². The van der Waals surface area contributed by atoms with Crippen molar-refractivity contribution in [2.45, 2.75) is 26.7 Å². The third-order valence-corrected chi connectivity index (χ3v) is 7.04. The maximum Gasteiger partial charge on any atom is 0.0937 e. The molecule has 20 heavy (non-hydrogen) atoms. The van der Waals surface area contributed by atoms with E-state index in [4.69, 9.17) is 4.98 Å². The first-order valence-electron chi connectivity index (χ1n) is 6.67. The molecule has 0 aliphatic rings. The summed E-state index contributed by atoms with van der Waals surface area (Å²) in [5, 5.41) is 3.19. The molecule has 0 saturated heterocycles. The lowest BCUT2D eigenvalue weighted by molar-refractivity contribution is 0.385. The van der Waals surface area contributed by atoms with E-state index >= 15 is 0 Å². The minimum Gasteiger partial charge on any atom is -0.246 e. The largest absolute Gasteiger partial charge is 0.246 e. The molecule has 1 aromatic heterocycles. The van der Waals surface area contributed by atoms with Crippen molar-refractivity contribution in [3.63, 3.8) is 0 Å². The van der Waals surface area contributed by atoms with Gasteiger partial charge in [0.1, 0.15) is 0 Å². The molecular formula is C16H19Br2NS. The summed E-state index contributed by atoms with van der Waals surface area (Å²) in [6.45, 7) is 4.24. The molecular weight excluding hydrogens is 398 g/mol. The molecule has 108 valence electrons. The van der Waals surface area contributed by atoms with Crippen molar-refractivity contribution in [1.29, 1.82) is 0 Å². The van der Waals surface area contributed by atoms with Crippen LogP contribution in [0.2, 0.25) is 0 Å². The van der Waals surface area contributed by atoms with Crippen LogP contribution < -0.4 is 0 Å². The van der Waals surface area contributed by atoms with E-state index in [9.17, 15) is 0 Å². The fourth-order valence-electron chi connectivity index (χ4n) is 2.25. The Morgan fingerprint density at radius 1 is 1.05 bits per heavy atom. The van der Waals surface area contributed by atoms with Crippen molar-refractivity contribution >= 4 is 43.2 Å². The molecule has 0 aliphatic carbocycles. The number of hydrogen-bond acceptors (Lipinski definition) is 2. The van der Waals surface area contributed by atoms with Gasteiger partial charge in [-0.1, -0.05) is 62.2 Å². The zero-order valence-electron chi connectivity index (χ0n) is 11.8. The zero-order chi connectivity index (χ0) is 14.6. The fraction of sp³-hybridized carbons (Fsp3) is 0.438. The number of benzene rings is 1. The van der Waals surface area contributed by atoms with Gasteiger partial charge in [0.2, 0.25) is 0 Å². The van der Waals surface area contributed by atoms with Gasteiger partial charge >= 0.3 is 0 Å². The highest BCUT2D eigenvalue weighted by atomic mass is 79.9. The van der Waals surface area contributed by atoms with Gasteiger partial charge in [-0.05, 0) is 25.8 Å². The Morgan fingerprint density at radius 2 is 1.70 bits per heavy atom. The molecule has 0 radical (unpaired) electrons. The number of aryl methyl sites for hydroxylation is 2. The molecule has 1 nitrogen and oxygen atoms in total. The summed E-state index contributed by atoms with van der Waals surface area (Å²) in [6, 6.07) is 10.7. The minimum absolute atomic E-state index is 0.179. The lowest BCUT2D eigenvalue weighted by Crippen LogP contribution is -2.30. The van der Waals surface area contributed by atoms with Gasteiger partial charge in [-0.2, -0.15) is 0 Å². The van der Waals surface area contributed by atoms with Crippen LogP contribution in [0, 0.1) is 19.3 Å². The van der Waals surface area contributed by atoms with E-state index in [0.29, 0.717) is 0 Å². The van der Waals surface area contributed by atoms with Gasteiger partial charge in [0.15, 0.2) is 0 Å². The molecule has 0 bridgehead atoms. The van der Waals surface area contributed by atoms with Crippen LogP contribution in [0.4, 0.5) is 0 Å². The monoisotopic (exact) mass is 415 g/mol. The first-order chi connectivity index (χ1) is 9.58. The Hall–Kier alpha value is -0.190. The molecule has 0 atom stereocenters. The third-order valence-electron chi connectivity index (χ3n) is 3.59. The van der Waals surface area contributed by atoms with Crippen molar-refractivity contribution in [3.8, 4) is 0 Å². The Labute approximate surface area is 142 Å². The van der Waals surface area contributed by atoms with Crippen LogP contribution in [0.15, 0.2) is 30.3 Å². The van der Waals surface area contributed by atoms with Crippen LogP contribution in [0.3, 0.4) is 0 Å². The second-order valence-electron chi connectivity index (χ2n) is 5.36. The molecule has 0 spiro atoms. The van der Waals surface area contributed by atoms with Crippen molar-refractivity contribution in [2.75, 3.05) is 10.7 Å². The van der Waals surface area contributed by atoms with Gasteiger partial charge < -0.3 is 0 Å². The minimum atomic E-state index is 0.179. The van der Waals surface area contributed by atoms with Gasteiger partial charge in [-0.15, -0.1) is 11.3 Å². The summed E-state index contributed by atoms with van der Waals surface area (Å²) in [4.78, 5) is 6.04. The normalized spacial score (nSPS) is 11.8. The van der Waals surface area contributed by atoms with Crippen LogP contribution in [0.1, 0.15) is 21.1 Å². The van der Waals surface area contributed by atoms with E-state index in [0.717, 1.165) is 23.5 Å². The van der Waals surface area contributed by atoms with E-state index in [1.54, 1.807) is 0 Å². The predicted octanol–water partition coefficient (Wildman–Crippen LogP) is 5.32. The molecule has 0 unspecified atom stereocenters. The summed E-state index contributed by atoms with van der Waals surface area (Å²) in [5.41, 5.74) is 2.73. The molecule has 0 aliphatic heterocycles. The van der Waals surface area contributed by atoms with Crippen LogP contribution in [-0.4, -0.2) is 15.6 Å². The Balaban J connectivity index is 2.20. The van der Waals surface area contributed by atoms with Gasteiger partial charge in [0.05, 0.1) is 10.7 Å². The SMILES string of the molecule is Cc1nc(CC(CBr)(CBr)Cc2ccccc2)sc1C. The third kappa shape index (κ3) is 3.92. The summed E-state index contributed by atoms with van der Waals surface area (Å²) < 4.78 is 0. The van der Waals surface area contributed by atoms with E-state index in [1.807, 2.05) is 11.3 Å². The number of nitrogens with zero attached hydrogens (tertiary/aromatic N) is 1. The summed E-state index contributed by atoms with van der Waals surface area (Å²) >= 11 is 9.27. The number of halogens is 2. The van der Waals surface area contributed by atoms with Crippen molar-refractivity contribution < 1.29 is 0 Å². The molecule has 0 fully saturated rings. The fourth-order valence-corrected chi connectivity index (χ4v) is 5.08. The summed E-state index contributed by atoms with van der Waals surface area (Å²) in [6.07, 6.45) is 2.07. The average Bonchev–Trinajstić information content (AvgIpc) is 2.77. The van der Waals surface area contributed by atoms with Gasteiger partial charge in [-0.3, -0.25) is 0 Å². The topological polar surface area (TPSA) is 12.9 Å². The van der Waals surface area contributed by atoms with E-state index in [2.05, 4.69) is 76.0 Å². The second kappa shape index (κ2) is 7.19. The molecule has 0 saturated carbocycles. The van der Waals surface area contributed by atoms with E-state index in [1.165, 1.54) is 21.1 Å². The van der Waals surface area contributed by atoms with Gasteiger partial charge in [0.25, 0.3) is 0 Å². The number of alkyl halides is 2. The highest BCUT2D eigenvalue weighted by Crippen LogP contribution is 2.34. The average molecular weight is 417 g/mol. The molecule has 0 amide bonds. The quantitative estimate of drug-likeness (QED) is 0.580. The lowest BCUT2D eigenvalue weighted by Gasteiger charge is -2.29. The zero-order valence-corrected chi connectivity index (χ0v) is 15.8. The molecule has 0 N–H and O–H groups in total. The highest BCUT2D eigenvalue weighted by molar-refractivity contribution is 9.09. The standard InChI is InChI=1S/C16H19Br2NS/c1-12-13(2)20-15(19-12)9-16(10-17,11-18)8-14-6-4-3-5-7-14/h3-7H,8-11H2,1-2H3. The number of rotatable bonds is 6. The predicted molar refractivity (Wildman–Crippen MR) is 95.5 cm³/mol. The van der Waals surface area contributed by atoms with Crippen LogP contribution in [-0.2, 0) is 12.8 Å². The molecule has 1 aromatic carbocycles. The van der Waals surface area contributed by atoms with E-state index < -0.39 is 0 Å². The molecule has 2 aromatic rings. The Kier molecular flexibility index (Phi) is 5.82. The van der Waals surface area contributed by atoms with Gasteiger partial charge in [0, 0.05) is 27.4 Å². The maximum atomic E-state index is 4.71. The van der Waals surface area contributed by atoms with Crippen molar-refractivity contribution in [3.05, 3.63) is 51.5 Å². The Morgan fingerprint density at radius 3 is 2.20 bits per heavy atom. The molecule has 1 heterocycles. The summed E-state index contributed by atoms with van der Waals surface area (Å²) in [5.74, 6) is 0. The Bertz CT molecular complexity index is 527. The summed E-state index contributed by atoms with van der Waals surface area (Å²) in [7, 11) is 0. The van der Waals surface area contributed by atoms with Crippen LogP contribution >= 0.6 is 43.2 Å². The lowest BCUT2D eigenvalue weighted by atomic mass is 9.83. The van der Waals surface area contributed by atoms with Gasteiger partial charge in [-0.25, -0.2) is 4.98 Å². The second-order valence-corrected chi connectivity index (χ2v) is 7.76. The number of hydrogen-bond donors (Lipinski definition) is 0. The molecule has 2 rings (SSSR count). The molecule has 4 heteroatoms. The first-order valence-corrected chi connectivity index (χ1v) is 9.73. The van der Waals surface area contributed by atoms with Crippen LogP contribution in [0.25, 0.3) is 0 Å².